The number of hydrogen-bond acceptors (Lipinski definition) is 4. The van der Waals surface area contributed by atoms with E-state index in [0.717, 1.165) is 35.4 Å². The number of ether oxygens (including phenoxy) is 1. The van der Waals surface area contributed by atoms with Crippen LogP contribution >= 0.6 is 0 Å². The van der Waals surface area contributed by atoms with Gasteiger partial charge in [-0.25, -0.2) is 4.79 Å². The van der Waals surface area contributed by atoms with Gasteiger partial charge in [-0.1, -0.05) is 18.2 Å². The van der Waals surface area contributed by atoms with Gasteiger partial charge in [-0.15, -0.1) is 0 Å². The van der Waals surface area contributed by atoms with Crippen molar-refractivity contribution in [3.05, 3.63) is 48.3 Å². The van der Waals surface area contributed by atoms with Gasteiger partial charge in [0.05, 0.1) is 6.20 Å². The molecule has 3 rings (SSSR count). The summed E-state index contributed by atoms with van der Waals surface area (Å²) in [6.45, 7) is 1.98. The summed E-state index contributed by atoms with van der Waals surface area (Å²) in [5.74, 6) is 0.741. The van der Waals surface area contributed by atoms with Gasteiger partial charge in [0.15, 0.2) is 0 Å². The molecule has 6 nitrogen and oxygen atoms in total. The molecule has 0 spiro atoms. The van der Waals surface area contributed by atoms with Crippen molar-refractivity contribution in [1.29, 1.82) is 0 Å². The van der Waals surface area contributed by atoms with Crippen LogP contribution in [0.15, 0.2) is 42.7 Å². The molecular formula is C17H19N3O3. The first-order valence-electron chi connectivity index (χ1n) is 7.58. The first-order chi connectivity index (χ1) is 11.2. The molecule has 3 N–H and O–H groups in total. The minimum absolute atomic E-state index is 0.278. The van der Waals surface area contributed by atoms with Gasteiger partial charge in [-0.3, -0.25) is 4.98 Å². The van der Waals surface area contributed by atoms with E-state index in [-0.39, 0.29) is 6.54 Å². The van der Waals surface area contributed by atoms with Crippen molar-refractivity contribution in [2.75, 3.05) is 13.2 Å². The first kappa shape index (κ1) is 15.3. The number of pyridine rings is 1. The minimum atomic E-state index is -1.03. The van der Waals surface area contributed by atoms with E-state index in [1.807, 2.05) is 30.3 Å². The predicted molar refractivity (Wildman–Crippen MR) is 86.4 cm³/mol. The largest absolute Gasteiger partial charge is 0.490 e. The second-order valence-electron chi connectivity index (χ2n) is 5.52. The highest BCUT2D eigenvalue weighted by atomic mass is 16.5. The lowest BCUT2D eigenvalue weighted by molar-refractivity contribution is 0.194. The van der Waals surface area contributed by atoms with E-state index in [1.54, 1.807) is 12.4 Å². The average molecular weight is 313 g/mol. The van der Waals surface area contributed by atoms with Crippen LogP contribution < -0.4 is 15.4 Å². The lowest BCUT2D eigenvalue weighted by atomic mass is 10.0. The van der Waals surface area contributed by atoms with Gasteiger partial charge >= 0.3 is 6.09 Å². The zero-order chi connectivity index (χ0) is 16.1. The molecule has 1 saturated heterocycles. The number of carboxylic acid groups (broad SMARTS) is 1. The molecule has 1 atom stereocenters. The third-order valence-electron chi connectivity index (χ3n) is 3.79. The quantitative estimate of drug-likeness (QED) is 0.762. The molecule has 1 aromatic carbocycles. The maximum absolute atomic E-state index is 10.6. The highest BCUT2D eigenvalue weighted by Gasteiger charge is 2.16. The van der Waals surface area contributed by atoms with Crippen molar-refractivity contribution in [1.82, 2.24) is 15.6 Å². The fourth-order valence-electron chi connectivity index (χ4n) is 2.38. The van der Waals surface area contributed by atoms with Crippen molar-refractivity contribution >= 4 is 6.09 Å². The fraction of sp³-hybridized carbons (Fsp3) is 0.294. The summed E-state index contributed by atoms with van der Waals surface area (Å²) in [6, 6.07) is 10.1. The monoisotopic (exact) mass is 313 g/mol. The zero-order valence-corrected chi connectivity index (χ0v) is 12.7. The first-order valence-corrected chi connectivity index (χ1v) is 7.58. The molecule has 0 bridgehead atoms. The normalized spacial score (nSPS) is 16.4. The molecule has 0 radical (unpaired) electrons. The summed E-state index contributed by atoms with van der Waals surface area (Å²) >= 11 is 0. The molecular weight excluding hydrogens is 294 g/mol. The lowest BCUT2D eigenvalue weighted by Crippen LogP contribution is -2.46. The molecule has 2 aromatic rings. The number of nitrogens with zero attached hydrogens (tertiary/aromatic N) is 1. The number of aromatic nitrogens is 1. The standard InChI is InChI=1S/C17H19N3O3/c21-17(22)20-8-12-2-1-3-13(6-12)14-7-16(10-18-9-14)23-11-15-4-5-19-15/h1-3,6-7,9-10,15,19-20H,4-5,8,11H2,(H,21,22)/t15-/m0/s1. The maximum atomic E-state index is 10.6. The van der Waals surface area contributed by atoms with Gasteiger partial charge in [-0.2, -0.15) is 0 Å². The SMILES string of the molecule is O=C(O)NCc1cccc(-c2cncc(OC[C@@H]3CCN3)c2)c1. The van der Waals surface area contributed by atoms with E-state index in [0.29, 0.717) is 12.6 Å². The number of benzene rings is 1. The van der Waals surface area contributed by atoms with E-state index in [4.69, 9.17) is 9.84 Å². The Morgan fingerprint density at radius 3 is 2.96 bits per heavy atom. The maximum Gasteiger partial charge on any atom is 0.404 e. The van der Waals surface area contributed by atoms with E-state index in [1.165, 1.54) is 0 Å². The molecule has 1 aliphatic rings. The zero-order valence-electron chi connectivity index (χ0n) is 12.7. The van der Waals surface area contributed by atoms with Crippen LogP contribution in [-0.4, -0.2) is 35.4 Å². The number of amides is 1. The topological polar surface area (TPSA) is 83.5 Å². The Kier molecular flexibility index (Phi) is 4.73. The summed E-state index contributed by atoms with van der Waals surface area (Å²) in [7, 11) is 0. The van der Waals surface area contributed by atoms with Gasteiger partial charge < -0.3 is 20.5 Å². The Morgan fingerprint density at radius 1 is 1.35 bits per heavy atom. The molecule has 2 heterocycles. The molecule has 6 heteroatoms. The highest BCUT2D eigenvalue weighted by Crippen LogP contribution is 2.24. The van der Waals surface area contributed by atoms with Crippen LogP contribution in [-0.2, 0) is 6.54 Å². The van der Waals surface area contributed by atoms with Crippen LogP contribution in [0.25, 0.3) is 11.1 Å². The Labute approximate surface area is 134 Å². The third-order valence-corrected chi connectivity index (χ3v) is 3.79. The van der Waals surface area contributed by atoms with Crippen molar-refractivity contribution in [3.63, 3.8) is 0 Å². The third kappa shape index (κ3) is 4.20. The lowest BCUT2D eigenvalue weighted by Gasteiger charge is -2.27. The highest BCUT2D eigenvalue weighted by molar-refractivity contribution is 5.66. The summed E-state index contributed by atoms with van der Waals surface area (Å²) in [4.78, 5) is 14.8. The Balaban J connectivity index is 1.70. The number of nitrogens with one attached hydrogen (secondary N) is 2. The minimum Gasteiger partial charge on any atom is -0.490 e. The molecule has 1 amide bonds. The molecule has 120 valence electrons. The van der Waals surface area contributed by atoms with Crippen LogP contribution in [0.5, 0.6) is 5.75 Å². The molecule has 0 saturated carbocycles. The molecule has 1 aliphatic heterocycles. The van der Waals surface area contributed by atoms with Crippen LogP contribution in [0.2, 0.25) is 0 Å². The van der Waals surface area contributed by atoms with E-state index in [2.05, 4.69) is 15.6 Å². The van der Waals surface area contributed by atoms with Gasteiger partial charge in [0.2, 0.25) is 0 Å². The summed E-state index contributed by atoms with van der Waals surface area (Å²) in [6.07, 6.45) is 3.60. The van der Waals surface area contributed by atoms with Crippen molar-refractivity contribution in [2.24, 2.45) is 0 Å². The predicted octanol–water partition coefficient (Wildman–Crippen LogP) is 2.26. The van der Waals surface area contributed by atoms with Crippen LogP contribution in [0.1, 0.15) is 12.0 Å². The molecule has 1 aromatic heterocycles. The second kappa shape index (κ2) is 7.11. The number of carbonyl (C=O) groups is 1. The molecule has 23 heavy (non-hydrogen) atoms. The number of rotatable bonds is 6. The van der Waals surface area contributed by atoms with Gasteiger partial charge in [0.1, 0.15) is 12.4 Å². The van der Waals surface area contributed by atoms with E-state index in [9.17, 15) is 4.79 Å². The Bertz CT molecular complexity index is 686. The Morgan fingerprint density at radius 2 is 2.22 bits per heavy atom. The molecule has 0 unspecified atom stereocenters. The molecule has 1 fully saturated rings. The Hall–Kier alpha value is -2.60. The van der Waals surface area contributed by atoms with E-state index >= 15 is 0 Å². The van der Waals surface area contributed by atoms with Gasteiger partial charge in [0, 0.05) is 24.3 Å². The average Bonchev–Trinajstić information content (AvgIpc) is 2.52. The fourth-order valence-corrected chi connectivity index (χ4v) is 2.38. The summed E-state index contributed by atoms with van der Waals surface area (Å²) in [5.41, 5.74) is 2.82. The molecule has 0 aliphatic carbocycles. The smallest absolute Gasteiger partial charge is 0.404 e. The second-order valence-corrected chi connectivity index (χ2v) is 5.52. The summed E-state index contributed by atoms with van der Waals surface area (Å²) in [5, 5.41) is 14.3. The van der Waals surface area contributed by atoms with Crippen LogP contribution in [0.3, 0.4) is 0 Å². The van der Waals surface area contributed by atoms with Crippen molar-refractivity contribution in [2.45, 2.75) is 19.0 Å². The van der Waals surface area contributed by atoms with Crippen LogP contribution in [0, 0.1) is 0 Å². The number of hydrogen-bond donors (Lipinski definition) is 3. The van der Waals surface area contributed by atoms with Gasteiger partial charge in [0.25, 0.3) is 0 Å². The van der Waals surface area contributed by atoms with Gasteiger partial charge in [-0.05, 0) is 36.2 Å². The van der Waals surface area contributed by atoms with Crippen molar-refractivity contribution in [3.8, 4) is 16.9 Å². The van der Waals surface area contributed by atoms with E-state index < -0.39 is 6.09 Å². The van der Waals surface area contributed by atoms with Crippen molar-refractivity contribution < 1.29 is 14.6 Å². The van der Waals surface area contributed by atoms with Crippen LogP contribution in [0.4, 0.5) is 4.79 Å². The summed E-state index contributed by atoms with van der Waals surface area (Å²) < 4.78 is 5.77.